The van der Waals surface area contributed by atoms with Gasteiger partial charge in [-0.25, -0.2) is 0 Å². The Balaban J connectivity index is 1.60. The summed E-state index contributed by atoms with van der Waals surface area (Å²) in [5.41, 5.74) is 2.74. The van der Waals surface area contributed by atoms with Crippen molar-refractivity contribution >= 4 is 23.2 Å². The van der Waals surface area contributed by atoms with E-state index in [9.17, 15) is 0 Å². The molecule has 0 bridgehead atoms. The molecule has 3 unspecified atom stereocenters. The van der Waals surface area contributed by atoms with Crippen LogP contribution >= 0.6 is 23.2 Å². The van der Waals surface area contributed by atoms with Crippen molar-refractivity contribution in [3.8, 4) is 0 Å². The van der Waals surface area contributed by atoms with Gasteiger partial charge in [-0.3, -0.25) is 4.90 Å². The molecule has 0 amide bonds. The zero-order chi connectivity index (χ0) is 16.7. The lowest BCUT2D eigenvalue weighted by molar-refractivity contribution is 0.174. The monoisotopic (exact) mass is 359 g/mol. The second-order valence-corrected chi connectivity index (χ2v) is 8.13. The smallest absolute Gasteiger partial charge is 0.0595 e. The third kappa shape index (κ3) is 3.22. The molecule has 1 saturated carbocycles. The van der Waals surface area contributed by atoms with E-state index >= 15 is 0 Å². The van der Waals surface area contributed by atoms with Crippen LogP contribution in [-0.4, -0.2) is 17.0 Å². The summed E-state index contributed by atoms with van der Waals surface area (Å²) in [5, 5.41) is 1.32. The van der Waals surface area contributed by atoms with Gasteiger partial charge < -0.3 is 0 Å². The lowest BCUT2D eigenvalue weighted by Gasteiger charge is -2.29. The summed E-state index contributed by atoms with van der Waals surface area (Å²) in [7, 11) is 0. The first-order valence-electron chi connectivity index (χ1n) is 8.88. The fraction of sp³-hybridized carbons (Fsp3) is 0.429. The molecule has 1 aliphatic carbocycles. The quantitative estimate of drug-likeness (QED) is 0.632. The van der Waals surface area contributed by atoms with Crippen LogP contribution < -0.4 is 0 Å². The van der Waals surface area contributed by atoms with Crippen LogP contribution in [0.15, 0.2) is 48.5 Å². The van der Waals surface area contributed by atoms with Gasteiger partial charge in [-0.15, -0.1) is 0 Å². The highest BCUT2D eigenvalue weighted by atomic mass is 35.5. The molecule has 1 heterocycles. The molecule has 4 rings (SSSR count). The third-order valence-electron chi connectivity index (χ3n) is 5.77. The summed E-state index contributed by atoms with van der Waals surface area (Å²) >= 11 is 12.4. The first-order chi connectivity index (χ1) is 11.6. The molecular formula is C21H23Cl2N. The SMILES string of the molecule is CC1C(c2ccc(Cl)c(Cl)c2)CC(C2CC2)N1Cc1ccccc1. The van der Waals surface area contributed by atoms with Gasteiger partial charge in [0.1, 0.15) is 0 Å². The molecule has 0 spiro atoms. The molecule has 0 radical (unpaired) electrons. The summed E-state index contributed by atoms with van der Waals surface area (Å²) in [6.45, 7) is 3.42. The molecule has 0 aromatic heterocycles. The first-order valence-corrected chi connectivity index (χ1v) is 9.63. The van der Waals surface area contributed by atoms with Crippen LogP contribution in [0.25, 0.3) is 0 Å². The number of likely N-dealkylation sites (tertiary alicyclic amines) is 1. The van der Waals surface area contributed by atoms with Gasteiger partial charge in [-0.1, -0.05) is 59.6 Å². The Morgan fingerprint density at radius 1 is 1.00 bits per heavy atom. The molecule has 2 aliphatic rings. The zero-order valence-corrected chi connectivity index (χ0v) is 15.5. The van der Waals surface area contributed by atoms with E-state index in [0.717, 1.165) is 12.5 Å². The molecule has 1 saturated heterocycles. The van der Waals surface area contributed by atoms with E-state index in [0.29, 0.717) is 28.0 Å². The average molecular weight is 360 g/mol. The van der Waals surface area contributed by atoms with E-state index in [1.807, 2.05) is 6.07 Å². The summed E-state index contributed by atoms with van der Waals surface area (Å²) in [5.74, 6) is 1.41. The number of halogens is 2. The van der Waals surface area contributed by atoms with Gasteiger partial charge in [-0.2, -0.15) is 0 Å². The highest BCUT2D eigenvalue weighted by molar-refractivity contribution is 6.42. The van der Waals surface area contributed by atoms with Crippen molar-refractivity contribution in [2.75, 3.05) is 0 Å². The van der Waals surface area contributed by atoms with Crippen LogP contribution in [0.5, 0.6) is 0 Å². The Labute approximate surface area is 154 Å². The predicted octanol–water partition coefficient (Wildman–Crippen LogP) is 6.15. The third-order valence-corrected chi connectivity index (χ3v) is 6.51. The van der Waals surface area contributed by atoms with Crippen molar-refractivity contribution in [1.82, 2.24) is 4.90 Å². The molecule has 126 valence electrons. The molecule has 3 atom stereocenters. The second kappa shape index (κ2) is 6.71. The Morgan fingerprint density at radius 3 is 2.42 bits per heavy atom. The number of hydrogen-bond acceptors (Lipinski definition) is 1. The van der Waals surface area contributed by atoms with Crippen molar-refractivity contribution in [1.29, 1.82) is 0 Å². The predicted molar refractivity (Wildman–Crippen MR) is 102 cm³/mol. The van der Waals surface area contributed by atoms with Gasteiger partial charge in [-0.05, 0) is 55.4 Å². The molecule has 0 N–H and O–H groups in total. The Hall–Kier alpha value is -1.02. The van der Waals surface area contributed by atoms with Gasteiger partial charge in [0.05, 0.1) is 10.0 Å². The normalized spacial score (nSPS) is 27.5. The number of rotatable bonds is 4. The maximum Gasteiger partial charge on any atom is 0.0595 e. The van der Waals surface area contributed by atoms with E-state index in [1.165, 1.54) is 30.4 Å². The van der Waals surface area contributed by atoms with Crippen molar-refractivity contribution < 1.29 is 0 Å². The van der Waals surface area contributed by atoms with Crippen LogP contribution in [0, 0.1) is 5.92 Å². The Bertz CT molecular complexity index is 711. The van der Waals surface area contributed by atoms with Gasteiger partial charge in [0, 0.05) is 24.5 Å². The maximum atomic E-state index is 6.27. The molecule has 2 fully saturated rings. The summed E-state index contributed by atoms with van der Waals surface area (Å²) in [6, 6.07) is 18.2. The summed E-state index contributed by atoms with van der Waals surface area (Å²) in [6.07, 6.45) is 4.00. The average Bonchev–Trinajstić information content (AvgIpc) is 3.38. The van der Waals surface area contributed by atoms with Gasteiger partial charge in [0.15, 0.2) is 0 Å². The van der Waals surface area contributed by atoms with E-state index in [2.05, 4.69) is 54.3 Å². The van der Waals surface area contributed by atoms with Gasteiger partial charge in [0.2, 0.25) is 0 Å². The summed E-state index contributed by atoms with van der Waals surface area (Å²) < 4.78 is 0. The zero-order valence-electron chi connectivity index (χ0n) is 14.0. The lowest BCUT2D eigenvalue weighted by atomic mass is 9.91. The van der Waals surface area contributed by atoms with Crippen molar-refractivity contribution in [2.45, 2.75) is 50.7 Å². The summed E-state index contributed by atoms with van der Waals surface area (Å²) in [4.78, 5) is 2.72. The van der Waals surface area contributed by atoms with E-state index in [4.69, 9.17) is 23.2 Å². The fourth-order valence-electron chi connectivity index (χ4n) is 4.28. The van der Waals surface area contributed by atoms with Crippen LogP contribution in [0.3, 0.4) is 0 Å². The standard InChI is InChI=1S/C21H23Cl2N/c1-14-18(17-9-10-19(22)20(23)11-17)12-21(16-7-8-16)24(14)13-15-5-3-2-4-6-15/h2-6,9-11,14,16,18,21H,7-8,12-13H2,1H3. The van der Waals surface area contributed by atoms with Crippen LogP contribution in [-0.2, 0) is 6.54 Å². The minimum Gasteiger partial charge on any atom is -0.293 e. The molecule has 2 aromatic carbocycles. The largest absolute Gasteiger partial charge is 0.293 e. The number of nitrogens with zero attached hydrogens (tertiary/aromatic N) is 1. The van der Waals surface area contributed by atoms with Crippen molar-refractivity contribution in [2.24, 2.45) is 5.92 Å². The van der Waals surface area contributed by atoms with E-state index in [1.54, 1.807) is 0 Å². The lowest BCUT2D eigenvalue weighted by Crippen LogP contribution is -2.36. The molecular weight excluding hydrogens is 337 g/mol. The number of hydrogen-bond donors (Lipinski definition) is 0. The van der Waals surface area contributed by atoms with Crippen LogP contribution in [0.2, 0.25) is 10.0 Å². The first kappa shape index (κ1) is 16.4. The van der Waals surface area contributed by atoms with Crippen molar-refractivity contribution in [3.05, 3.63) is 69.7 Å². The van der Waals surface area contributed by atoms with Gasteiger partial charge in [0.25, 0.3) is 0 Å². The Morgan fingerprint density at radius 2 is 1.75 bits per heavy atom. The molecule has 1 aliphatic heterocycles. The number of benzene rings is 2. The molecule has 1 nitrogen and oxygen atoms in total. The minimum absolute atomic E-state index is 0.521. The van der Waals surface area contributed by atoms with Crippen LogP contribution in [0.1, 0.15) is 43.2 Å². The van der Waals surface area contributed by atoms with Gasteiger partial charge >= 0.3 is 0 Å². The molecule has 2 aromatic rings. The molecule has 24 heavy (non-hydrogen) atoms. The highest BCUT2D eigenvalue weighted by Crippen LogP contribution is 2.48. The Kier molecular flexibility index (Phi) is 4.60. The minimum atomic E-state index is 0.521. The van der Waals surface area contributed by atoms with Crippen molar-refractivity contribution in [3.63, 3.8) is 0 Å². The topological polar surface area (TPSA) is 3.24 Å². The highest BCUT2D eigenvalue weighted by Gasteiger charge is 2.45. The maximum absolute atomic E-state index is 6.27. The fourth-order valence-corrected chi connectivity index (χ4v) is 4.59. The second-order valence-electron chi connectivity index (χ2n) is 7.32. The molecule has 3 heteroatoms. The van der Waals surface area contributed by atoms with E-state index < -0.39 is 0 Å². The van der Waals surface area contributed by atoms with Crippen LogP contribution in [0.4, 0.5) is 0 Å². The van der Waals surface area contributed by atoms with E-state index in [-0.39, 0.29) is 0 Å².